The lowest BCUT2D eigenvalue weighted by atomic mass is 9.95. The van der Waals surface area contributed by atoms with Gasteiger partial charge in [-0.1, -0.05) is 62.6 Å². The molecule has 0 radical (unpaired) electrons. The van der Waals surface area contributed by atoms with Crippen LogP contribution in [-0.4, -0.2) is 22.7 Å². The quantitative estimate of drug-likeness (QED) is 0.427. The lowest BCUT2D eigenvalue weighted by Gasteiger charge is -2.27. The molecule has 1 amide bonds. The minimum absolute atomic E-state index is 0.0865. The topological polar surface area (TPSA) is 49.3 Å². The second kappa shape index (κ2) is 10.5. The van der Waals surface area contributed by atoms with Crippen molar-refractivity contribution in [2.24, 2.45) is 5.92 Å². The summed E-state index contributed by atoms with van der Waals surface area (Å²) in [6.45, 7) is 13.0. The van der Waals surface area contributed by atoms with E-state index in [0.29, 0.717) is 5.57 Å². The average molecular weight is 366 g/mol. The Hall–Kier alpha value is -2.57. The third-order valence-electron chi connectivity index (χ3n) is 4.60. The van der Waals surface area contributed by atoms with Gasteiger partial charge in [-0.15, -0.1) is 0 Å². The first-order chi connectivity index (χ1) is 12.7. The molecule has 0 saturated heterocycles. The largest absolute Gasteiger partial charge is 0.388 e. The monoisotopic (exact) mass is 365 g/mol. The highest BCUT2D eigenvalue weighted by Gasteiger charge is 2.25. The van der Waals surface area contributed by atoms with Crippen LogP contribution in [0.4, 0.5) is 0 Å². The van der Waals surface area contributed by atoms with Crippen LogP contribution in [0.15, 0.2) is 66.3 Å². The van der Waals surface area contributed by atoms with Crippen molar-refractivity contribution in [2.45, 2.75) is 52.7 Å². The van der Waals surface area contributed by atoms with Gasteiger partial charge in [0.1, 0.15) is 0 Å². The molecule has 144 valence electrons. The summed E-state index contributed by atoms with van der Waals surface area (Å²) in [4.78, 5) is 12.7. The maximum Gasteiger partial charge on any atom is 0.247 e. The van der Waals surface area contributed by atoms with Crippen molar-refractivity contribution < 1.29 is 9.90 Å². The number of carbonyl (C=O) groups excluding carboxylic acids is 1. The van der Waals surface area contributed by atoms with E-state index in [9.17, 15) is 9.90 Å². The van der Waals surface area contributed by atoms with Gasteiger partial charge in [0.05, 0.1) is 11.6 Å². The molecule has 1 aromatic rings. The van der Waals surface area contributed by atoms with E-state index in [2.05, 4.69) is 23.7 Å². The van der Waals surface area contributed by atoms with Crippen molar-refractivity contribution in [3.05, 3.63) is 71.8 Å². The highest BCUT2D eigenvalue weighted by molar-refractivity contribution is 5.94. The third-order valence-corrected chi connectivity index (χ3v) is 4.60. The Morgan fingerprint density at radius 2 is 1.89 bits per heavy atom. The summed E-state index contributed by atoms with van der Waals surface area (Å²) >= 11 is 0. The van der Waals surface area contributed by atoms with Crippen molar-refractivity contribution in [3.63, 3.8) is 0 Å². The van der Waals surface area contributed by atoms with Crippen molar-refractivity contribution >= 4 is 5.91 Å². The molecular weight excluding hydrogens is 334 g/mol. The van der Waals surface area contributed by atoms with Crippen LogP contribution < -0.4 is 5.32 Å². The number of amides is 1. The van der Waals surface area contributed by atoms with E-state index in [1.54, 1.807) is 32.9 Å². The molecule has 0 saturated carbocycles. The Kier molecular flexibility index (Phi) is 8.78. The lowest BCUT2D eigenvalue weighted by Crippen LogP contribution is -2.48. The number of hydrogen-bond acceptors (Lipinski definition) is 2. The summed E-state index contributed by atoms with van der Waals surface area (Å²) in [5.41, 5.74) is 1.34. The van der Waals surface area contributed by atoms with E-state index in [4.69, 9.17) is 0 Å². The molecule has 0 fully saturated rings. The molecular formula is C24H31NO2. The molecule has 3 heteroatoms. The van der Waals surface area contributed by atoms with Crippen molar-refractivity contribution in [1.29, 1.82) is 0 Å². The van der Waals surface area contributed by atoms with Gasteiger partial charge >= 0.3 is 0 Å². The molecule has 0 heterocycles. The van der Waals surface area contributed by atoms with Gasteiger partial charge in [-0.3, -0.25) is 4.79 Å². The van der Waals surface area contributed by atoms with Crippen LogP contribution in [0.5, 0.6) is 0 Å². The van der Waals surface area contributed by atoms with Crippen LogP contribution >= 0.6 is 0 Å². The second-order valence-corrected chi connectivity index (χ2v) is 7.22. The average Bonchev–Trinajstić information content (AvgIpc) is 2.64. The molecule has 2 N–H and O–H groups in total. The van der Waals surface area contributed by atoms with Crippen molar-refractivity contribution in [3.8, 4) is 11.8 Å². The van der Waals surface area contributed by atoms with Gasteiger partial charge in [0.2, 0.25) is 5.91 Å². The zero-order valence-corrected chi connectivity index (χ0v) is 17.0. The van der Waals surface area contributed by atoms with Gasteiger partial charge in [0, 0.05) is 16.7 Å². The van der Waals surface area contributed by atoms with Gasteiger partial charge in [-0.25, -0.2) is 0 Å². The van der Waals surface area contributed by atoms with Crippen LogP contribution in [0, 0.1) is 17.8 Å². The molecule has 0 bridgehead atoms. The highest BCUT2D eigenvalue weighted by atomic mass is 16.3. The van der Waals surface area contributed by atoms with Crippen LogP contribution in [0.3, 0.4) is 0 Å². The first-order valence-corrected chi connectivity index (χ1v) is 9.33. The van der Waals surface area contributed by atoms with Gasteiger partial charge in [0.15, 0.2) is 0 Å². The van der Waals surface area contributed by atoms with E-state index >= 15 is 0 Å². The number of benzene rings is 1. The summed E-state index contributed by atoms with van der Waals surface area (Å²) in [5.74, 6) is 6.09. The number of rotatable bonds is 7. The second-order valence-electron chi connectivity index (χ2n) is 7.22. The lowest BCUT2D eigenvalue weighted by molar-refractivity contribution is -0.120. The van der Waals surface area contributed by atoms with Gasteiger partial charge in [0.25, 0.3) is 0 Å². The number of carbonyl (C=O) groups is 1. The zero-order valence-electron chi connectivity index (χ0n) is 17.0. The SMILES string of the molecule is C=CC(C#Cc1ccccc1)=CC=C(C(=O)NC(C)C(C)(C)O)C(C)CC. The fourth-order valence-electron chi connectivity index (χ4n) is 2.15. The smallest absolute Gasteiger partial charge is 0.247 e. The summed E-state index contributed by atoms with van der Waals surface area (Å²) in [6.07, 6.45) is 6.14. The molecule has 1 rings (SSSR count). The zero-order chi connectivity index (χ0) is 20.4. The fraction of sp³-hybridized carbons (Fsp3) is 0.375. The Balaban J connectivity index is 3.09. The standard InChI is InChI=1S/C24H31NO2/c1-7-18(3)22(23(26)25-19(4)24(5,6)27)17-16-20(8-2)14-15-21-12-10-9-11-13-21/h8-13,16-19,27H,2,7H2,1,3-6H3,(H,25,26). The molecule has 2 unspecified atom stereocenters. The van der Waals surface area contributed by atoms with E-state index in [0.717, 1.165) is 17.6 Å². The molecule has 0 aliphatic heterocycles. The molecule has 1 aromatic carbocycles. The van der Waals surface area contributed by atoms with E-state index in [-0.39, 0.29) is 17.9 Å². The third kappa shape index (κ3) is 7.68. The predicted molar refractivity (Wildman–Crippen MR) is 113 cm³/mol. The van der Waals surface area contributed by atoms with Crippen molar-refractivity contribution in [1.82, 2.24) is 5.32 Å². The van der Waals surface area contributed by atoms with Crippen LogP contribution in [0.2, 0.25) is 0 Å². The molecule has 27 heavy (non-hydrogen) atoms. The fourth-order valence-corrected chi connectivity index (χ4v) is 2.15. The first kappa shape index (κ1) is 22.5. The summed E-state index contributed by atoms with van der Waals surface area (Å²) < 4.78 is 0. The maximum absolute atomic E-state index is 12.7. The van der Waals surface area contributed by atoms with Gasteiger partial charge in [-0.2, -0.15) is 0 Å². The van der Waals surface area contributed by atoms with Crippen LogP contribution in [0.1, 0.15) is 46.6 Å². The number of aliphatic hydroxyl groups is 1. The summed E-state index contributed by atoms with van der Waals surface area (Å²) in [7, 11) is 0. The minimum atomic E-state index is -0.987. The highest BCUT2D eigenvalue weighted by Crippen LogP contribution is 2.17. The normalized spacial score (nSPS) is 14.6. The van der Waals surface area contributed by atoms with E-state index < -0.39 is 5.60 Å². The first-order valence-electron chi connectivity index (χ1n) is 9.33. The summed E-state index contributed by atoms with van der Waals surface area (Å²) in [5, 5.41) is 13.0. The van der Waals surface area contributed by atoms with E-state index in [1.165, 1.54) is 0 Å². The van der Waals surface area contributed by atoms with Gasteiger partial charge < -0.3 is 10.4 Å². The Bertz CT molecular complexity index is 755. The predicted octanol–water partition coefficient (Wildman–Crippen LogP) is 4.40. The molecule has 0 spiro atoms. The van der Waals surface area contributed by atoms with E-state index in [1.807, 2.05) is 50.3 Å². The molecule has 0 aromatic heterocycles. The number of nitrogens with one attached hydrogen (secondary N) is 1. The molecule has 0 aliphatic carbocycles. The van der Waals surface area contributed by atoms with Crippen LogP contribution in [0.25, 0.3) is 0 Å². The Morgan fingerprint density at radius 3 is 2.41 bits per heavy atom. The van der Waals surface area contributed by atoms with Crippen molar-refractivity contribution in [2.75, 3.05) is 0 Å². The van der Waals surface area contributed by atoms with Gasteiger partial charge in [-0.05, 0) is 51.3 Å². The minimum Gasteiger partial charge on any atom is -0.388 e. The maximum atomic E-state index is 12.7. The number of hydrogen-bond donors (Lipinski definition) is 2. The molecule has 2 atom stereocenters. The van der Waals surface area contributed by atoms with Crippen LogP contribution in [-0.2, 0) is 4.79 Å². The summed E-state index contributed by atoms with van der Waals surface area (Å²) in [6, 6.07) is 9.36. The molecule has 3 nitrogen and oxygen atoms in total. The Labute approximate surface area is 163 Å². The molecule has 0 aliphatic rings. The Morgan fingerprint density at radius 1 is 1.26 bits per heavy atom. The number of allylic oxidation sites excluding steroid dienone is 4.